The van der Waals surface area contributed by atoms with Crippen molar-refractivity contribution in [3.8, 4) is 0 Å². The predicted octanol–water partition coefficient (Wildman–Crippen LogP) is 3.24. The molecule has 0 unspecified atom stereocenters. The van der Waals surface area contributed by atoms with Crippen molar-refractivity contribution >= 4 is 0 Å². The van der Waals surface area contributed by atoms with Gasteiger partial charge in [0.05, 0.1) is 18.8 Å². The summed E-state index contributed by atoms with van der Waals surface area (Å²) in [4.78, 5) is 2.75. The maximum atomic E-state index is 6.09. The summed E-state index contributed by atoms with van der Waals surface area (Å²) in [6, 6.07) is 0.559. The normalized spacial score (nSPS) is 35.0. The first-order valence-corrected chi connectivity index (χ1v) is 9.64. The first-order valence-electron chi connectivity index (χ1n) is 9.64. The van der Waals surface area contributed by atoms with Gasteiger partial charge in [-0.05, 0) is 43.9 Å². The SMILES string of the molecule is COCCC1(CN2CCO[C@@H]3CC[C@@H](OC)C[C@@H]32)CCCCC1. The zero-order valence-corrected chi connectivity index (χ0v) is 15.1. The molecule has 0 radical (unpaired) electrons. The van der Waals surface area contributed by atoms with E-state index in [1.807, 2.05) is 14.2 Å². The summed E-state index contributed by atoms with van der Waals surface area (Å²) < 4.78 is 17.2. The molecular formula is C19H35NO3. The van der Waals surface area contributed by atoms with Crippen LogP contribution in [0.2, 0.25) is 0 Å². The van der Waals surface area contributed by atoms with Crippen LogP contribution in [0.3, 0.4) is 0 Å². The van der Waals surface area contributed by atoms with Gasteiger partial charge < -0.3 is 14.2 Å². The number of methoxy groups -OCH3 is 2. The third-order valence-corrected chi connectivity index (χ3v) is 6.51. The number of nitrogens with zero attached hydrogens (tertiary/aromatic N) is 1. The van der Waals surface area contributed by atoms with Gasteiger partial charge in [-0.1, -0.05) is 19.3 Å². The molecule has 2 aliphatic carbocycles. The van der Waals surface area contributed by atoms with Crippen LogP contribution in [-0.4, -0.2) is 63.7 Å². The summed E-state index contributed by atoms with van der Waals surface area (Å²) in [6.45, 7) is 4.13. The van der Waals surface area contributed by atoms with Crippen molar-refractivity contribution < 1.29 is 14.2 Å². The highest BCUT2D eigenvalue weighted by Gasteiger charge is 2.42. The highest BCUT2D eigenvalue weighted by molar-refractivity contribution is 4.95. The second kappa shape index (κ2) is 8.28. The Morgan fingerprint density at radius 3 is 2.70 bits per heavy atom. The average molecular weight is 325 g/mol. The zero-order chi connectivity index (χ0) is 16.1. The largest absolute Gasteiger partial charge is 0.385 e. The fourth-order valence-corrected chi connectivity index (χ4v) is 5.10. The smallest absolute Gasteiger partial charge is 0.0732 e. The highest BCUT2D eigenvalue weighted by atomic mass is 16.5. The minimum absolute atomic E-state index is 0.418. The highest BCUT2D eigenvalue weighted by Crippen LogP contribution is 2.42. The third kappa shape index (κ3) is 4.28. The number of rotatable bonds is 6. The minimum atomic E-state index is 0.418. The van der Waals surface area contributed by atoms with Gasteiger partial charge in [-0.3, -0.25) is 4.90 Å². The van der Waals surface area contributed by atoms with Crippen LogP contribution in [0.1, 0.15) is 57.8 Å². The van der Waals surface area contributed by atoms with Crippen LogP contribution in [0.25, 0.3) is 0 Å². The van der Waals surface area contributed by atoms with E-state index in [9.17, 15) is 0 Å². The molecular weight excluding hydrogens is 290 g/mol. The topological polar surface area (TPSA) is 30.9 Å². The Morgan fingerprint density at radius 2 is 1.96 bits per heavy atom. The van der Waals surface area contributed by atoms with Crippen LogP contribution in [0, 0.1) is 5.41 Å². The van der Waals surface area contributed by atoms with Crippen molar-refractivity contribution in [3.05, 3.63) is 0 Å². The fourth-order valence-electron chi connectivity index (χ4n) is 5.10. The molecule has 3 fully saturated rings. The molecule has 1 saturated heterocycles. The van der Waals surface area contributed by atoms with Gasteiger partial charge in [0.15, 0.2) is 0 Å². The Kier molecular flexibility index (Phi) is 6.36. The molecule has 4 heteroatoms. The summed E-state index contributed by atoms with van der Waals surface area (Å²) in [5.41, 5.74) is 0.468. The van der Waals surface area contributed by atoms with Crippen molar-refractivity contribution in [2.45, 2.75) is 76.0 Å². The van der Waals surface area contributed by atoms with E-state index in [1.54, 1.807) is 0 Å². The summed E-state index contributed by atoms with van der Waals surface area (Å²) >= 11 is 0. The Labute approximate surface area is 141 Å². The average Bonchev–Trinajstić information content (AvgIpc) is 2.61. The van der Waals surface area contributed by atoms with E-state index in [-0.39, 0.29) is 0 Å². The molecule has 0 bridgehead atoms. The van der Waals surface area contributed by atoms with Gasteiger partial charge in [0.1, 0.15) is 0 Å². The maximum absolute atomic E-state index is 6.09. The molecule has 0 amide bonds. The summed E-state index contributed by atoms with van der Waals surface area (Å²) in [7, 11) is 3.70. The van der Waals surface area contributed by atoms with Gasteiger partial charge in [0.2, 0.25) is 0 Å². The second-order valence-electron chi connectivity index (χ2n) is 7.92. The first kappa shape index (κ1) is 17.7. The second-order valence-corrected chi connectivity index (χ2v) is 7.92. The number of hydrogen-bond donors (Lipinski definition) is 0. The number of hydrogen-bond acceptors (Lipinski definition) is 4. The molecule has 2 saturated carbocycles. The molecule has 3 atom stereocenters. The summed E-state index contributed by atoms with van der Waals surface area (Å²) in [5.74, 6) is 0. The van der Waals surface area contributed by atoms with Gasteiger partial charge in [0.25, 0.3) is 0 Å². The Hall–Kier alpha value is -0.160. The zero-order valence-electron chi connectivity index (χ0n) is 15.1. The van der Waals surface area contributed by atoms with E-state index in [2.05, 4.69) is 4.90 Å². The molecule has 4 nitrogen and oxygen atoms in total. The molecule has 23 heavy (non-hydrogen) atoms. The van der Waals surface area contributed by atoms with Crippen LogP contribution in [0.5, 0.6) is 0 Å². The predicted molar refractivity (Wildman–Crippen MR) is 91.8 cm³/mol. The van der Waals surface area contributed by atoms with E-state index in [1.165, 1.54) is 45.1 Å². The van der Waals surface area contributed by atoms with E-state index in [0.717, 1.165) is 39.0 Å². The van der Waals surface area contributed by atoms with Crippen LogP contribution in [0.4, 0.5) is 0 Å². The molecule has 0 aromatic carbocycles. The third-order valence-electron chi connectivity index (χ3n) is 6.51. The molecule has 1 heterocycles. The molecule has 1 aliphatic heterocycles. The lowest BCUT2D eigenvalue weighted by atomic mass is 9.71. The molecule has 0 N–H and O–H groups in total. The van der Waals surface area contributed by atoms with Crippen molar-refractivity contribution in [2.24, 2.45) is 5.41 Å². The fraction of sp³-hybridized carbons (Fsp3) is 1.00. The van der Waals surface area contributed by atoms with E-state index >= 15 is 0 Å². The lowest BCUT2D eigenvalue weighted by Crippen LogP contribution is -2.57. The van der Waals surface area contributed by atoms with Gasteiger partial charge in [-0.25, -0.2) is 0 Å². The number of fused-ring (bicyclic) bond motifs is 1. The molecule has 0 spiro atoms. The van der Waals surface area contributed by atoms with Crippen molar-refractivity contribution in [1.29, 1.82) is 0 Å². The molecule has 3 aliphatic rings. The minimum Gasteiger partial charge on any atom is -0.385 e. The van der Waals surface area contributed by atoms with E-state index in [0.29, 0.717) is 23.7 Å². The lowest BCUT2D eigenvalue weighted by Gasteiger charge is -2.50. The Balaban J connectivity index is 1.67. The van der Waals surface area contributed by atoms with E-state index < -0.39 is 0 Å². The van der Waals surface area contributed by atoms with Gasteiger partial charge >= 0.3 is 0 Å². The maximum Gasteiger partial charge on any atom is 0.0732 e. The lowest BCUT2D eigenvalue weighted by molar-refractivity contribution is -0.125. The molecule has 134 valence electrons. The Bertz CT molecular complexity index is 357. The quantitative estimate of drug-likeness (QED) is 0.750. The first-order chi connectivity index (χ1) is 11.3. The number of ether oxygens (including phenoxy) is 3. The van der Waals surface area contributed by atoms with Gasteiger partial charge in [0, 0.05) is 40.0 Å². The van der Waals surface area contributed by atoms with Gasteiger partial charge in [-0.15, -0.1) is 0 Å². The molecule has 0 aromatic rings. The summed E-state index contributed by atoms with van der Waals surface area (Å²) in [5, 5.41) is 0. The summed E-state index contributed by atoms with van der Waals surface area (Å²) in [6.07, 6.45) is 12.5. The molecule has 3 rings (SSSR count). The Morgan fingerprint density at radius 1 is 1.13 bits per heavy atom. The van der Waals surface area contributed by atoms with Crippen LogP contribution >= 0.6 is 0 Å². The standard InChI is InChI=1S/C19H35NO3/c1-21-12-10-19(8-4-3-5-9-19)15-20-11-13-23-18-7-6-16(22-2)14-17(18)20/h16-18H,3-15H2,1-2H3/t16-,17+,18-/m1/s1. The van der Waals surface area contributed by atoms with Crippen molar-refractivity contribution in [1.82, 2.24) is 4.90 Å². The van der Waals surface area contributed by atoms with Crippen molar-refractivity contribution in [2.75, 3.05) is 40.5 Å². The van der Waals surface area contributed by atoms with E-state index in [4.69, 9.17) is 14.2 Å². The van der Waals surface area contributed by atoms with Crippen LogP contribution < -0.4 is 0 Å². The van der Waals surface area contributed by atoms with Crippen LogP contribution in [-0.2, 0) is 14.2 Å². The molecule has 0 aromatic heterocycles. The monoisotopic (exact) mass is 325 g/mol. The van der Waals surface area contributed by atoms with Crippen LogP contribution in [0.15, 0.2) is 0 Å². The van der Waals surface area contributed by atoms with Gasteiger partial charge in [-0.2, -0.15) is 0 Å². The van der Waals surface area contributed by atoms with Crippen molar-refractivity contribution in [3.63, 3.8) is 0 Å². The number of morpholine rings is 1.